The second-order valence-corrected chi connectivity index (χ2v) is 9.59. The van der Waals surface area contributed by atoms with Crippen LogP contribution in [-0.4, -0.2) is 57.0 Å². The van der Waals surface area contributed by atoms with Crippen molar-refractivity contribution in [1.29, 1.82) is 0 Å². The van der Waals surface area contributed by atoms with E-state index < -0.39 is 10.0 Å². The third-order valence-corrected chi connectivity index (χ3v) is 7.57. The summed E-state index contributed by atoms with van der Waals surface area (Å²) < 4.78 is 37.6. The van der Waals surface area contributed by atoms with Crippen molar-refractivity contribution in [2.75, 3.05) is 38.7 Å². The number of ether oxygens (including phenoxy) is 2. The molecule has 8 nitrogen and oxygen atoms in total. The molecule has 1 aliphatic rings. The molecule has 1 fully saturated rings. The molecule has 1 aliphatic heterocycles. The molecule has 0 radical (unpaired) electrons. The first-order chi connectivity index (χ1) is 14.8. The number of nitrogens with zero attached hydrogens (tertiary/aromatic N) is 2. The highest BCUT2D eigenvalue weighted by Gasteiger charge is 2.33. The van der Waals surface area contributed by atoms with E-state index in [9.17, 15) is 13.2 Å². The van der Waals surface area contributed by atoms with Crippen LogP contribution in [0.2, 0.25) is 10.2 Å². The van der Waals surface area contributed by atoms with Crippen LogP contribution >= 0.6 is 23.2 Å². The smallest absolute Gasteiger partial charge is 0.246 e. The molecule has 0 atom stereocenters. The zero-order valence-electron chi connectivity index (χ0n) is 16.9. The Kier molecular flexibility index (Phi) is 8.12. The van der Waals surface area contributed by atoms with E-state index in [1.165, 1.54) is 22.6 Å². The van der Waals surface area contributed by atoms with Gasteiger partial charge in [-0.05, 0) is 37.1 Å². The predicted molar refractivity (Wildman–Crippen MR) is 118 cm³/mol. The fraction of sp³-hybridized carbons (Fsp3) is 0.400. The van der Waals surface area contributed by atoms with Crippen molar-refractivity contribution in [1.82, 2.24) is 9.29 Å². The van der Waals surface area contributed by atoms with Crippen molar-refractivity contribution in [2.24, 2.45) is 5.92 Å². The number of aromatic nitrogens is 1. The van der Waals surface area contributed by atoms with Gasteiger partial charge in [0.2, 0.25) is 15.9 Å². The first-order valence-corrected chi connectivity index (χ1v) is 11.9. The summed E-state index contributed by atoms with van der Waals surface area (Å²) in [6.07, 6.45) is 2.19. The summed E-state index contributed by atoms with van der Waals surface area (Å²) in [5.74, 6) is -0.183. The van der Waals surface area contributed by atoms with Crippen molar-refractivity contribution in [3.05, 3.63) is 46.7 Å². The minimum atomic E-state index is -3.77. The monoisotopic (exact) mass is 487 g/mol. The largest absolute Gasteiger partial charge is 0.487 e. The lowest BCUT2D eigenvalue weighted by Crippen LogP contribution is -2.41. The Hall–Kier alpha value is -1.91. The molecule has 2 aromatic rings. The van der Waals surface area contributed by atoms with Crippen LogP contribution in [0.5, 0.6) is 5.75 Å². The van der Waals surface area contributed by atoms with E-state index in [-0.39, 0.29) is 41.6 Å². The van der Waals surface area contributed by atoms with Gasteiger partial charge in [0.15, 0.2) is 5.75 Å². The normalized spacial score (nSPS) is 15.6. The number of pyridine rings is 1. The van der Waals surface area contributed by atoms with E-state index in [2.05, 4.69) is 10.3 Å². The van der Waals surface area contributed by atoms with Crippen molar-refractivity contribution in [2.45, 2.75) is 17.7 Å². The highest BCUT2D eigenvalue weighted by molar-refractivity contribution is 7.89. The van der Waals surface area contributed by atoms with E-state index in [0.717, 1.165) is 0 Å². The third-order valence-electron chi connectivity index (χ3n) is 4.93. The number of carbonyl (C=O) groups excluding carboxylic acids is 1. The van der Waals surface area contributed by atoms with Gasteiger partial charge in [0.05, 0.1) is 17.3 Å². The number of rotatable bonds is 8. The molecule has 1 N–H and O–H groups in total. The van der Waals surface area contributed by atoms with Gasteiger partial charge >= 0.3 is 0 Å². The molecular formula is C20H23Cl2N3O5S. The van der Waals surface area contributed by atoms with Gasteiger partial charge in [-0.3, -0.25) is 4.79 Å². The number of benzene rings is 1. The average Bonchev–Trinajstić information content (AvgIpc) is 2.76. The Labute approximate surface area is 191 Å². The molecule has 0 saturated carbocycles. The number of amides is 1. The van der Waals surface area contributed by atoms with Crippen LogP contribution < -0.4 is 10.1 Å². The molecule has 2 heterocycles. The molecule has 0 spiro atoms. The molecule has 168 valence electrons. The number of carbonyl (C=O) groups is 1. The van der Waals surface area contributed by atoms with E-state index in [4.69, 9.17) is 32.7 Å². The molecule has 1 amide bonds. The van der Waals surface area contributed by atoms with E-state index in [0.29, 0.717) is 35.9 Å². The molecule has 0 unspecified atom stereocenters. The topological polar surface area (TPSA) is 97.8 Å². The lowest BCUT2D eigenvalue weighted by atomic mass is 9.97. The van der Waals surface area contributed by atoms with Gasteiger partial charge in [-0.1, -0.05) is 29.3 Å². The van der Waals surface area contributed by atoms with E-state index in [1.807, 2.05) is 0 Å². The number of para-hydroxylation sites is 1. The van der Waals surface area contributed by atoms with Crippen molar-refractivity contribution in [3.8, 4) is 5.75 Å². The van der Waals surface area contributed by atoms with Crippen molar-refractivity contribution in [3.63, 3.8) is 0 Å². The van der Waals surface area contributed by atoms with Gasteiger partial charge in [0.1, 0.15) is 16.7 Å². The number of hydrogen-bond donors (Lipinski definition) is 1. The van der Waals surface area contributed by atoms with Crippen molar-refractivity contribution < 1.29 is 22.7 Å². The SMILES string of the molecule is COCCOc1c(Cl)cccc1NC(=O)C1CCN(S(=O)(=O)c2cccnc2Cl)CC1. The summed E-state index contributed by atoms with van der Waals surface area (Å²) >= 11 is 12.2. The highest BCUT2D eigenvalue weighted by Crippen LogP contribution is 2.34. The fourth-order valence-electron chi connectivity index (χ4n) is 3.28. The zero-order chi connectivity index (χ0) is 22.4. The molecule has 1 saturated heterocycles. The van der Waals surface area contributed by atoms with Crippen LogP contribution in [-0.2, 0) is 19.6 Å². The van der Waals surface area contributed by atoms with Gasteiger partial charge < -0.3 is 14.8 Å². The Morgan fingerprint density at radius 1 is 1.19 bits per heavy atom. The second-order valence-electron chi connectivity index (χ2n) is 6.92. The fourth-order valence-corrected chi connectivity index (χ4v) is 5.40. The third kappa shape index (κ3) is 5.67. The van der Waals surface area contributed by atoms with Gasteiger partial charge in [0, 0.05) is 32.3 Å². The standard InChI is InChI=1S/C20H23Cl2N3O5S/c1-29-12-13-30-18-15(21)4-2-5-16(18)24-20(26)14-7-10-25(11-8-14)31(27,28)17-6-3-9-23-19(17)22/h2-6,9,14H,7-8,10-13H2,1H3,(H,24,26). The minimum Gasteiger partial charge on any atom is -0.487 e. The molecule has 1 aromatic carbocycles. The number of nitrogens with one attached hydrogen (secondary N) is 1. The maximum absolute atomic E-state index is 12.8. The number of sulfonamides is 1. The molecule has 31 heavy (non-hydrogen) atoms. The van der Waals surface area contributed by atoms with E-state index in [1.54, 1.807) is 25.3 Å². The van der Waals surface area contributed by atoms with Crippen LogP contribution in [0.4, 0.5) is 5.69 Å². The Morgan fingerprint density at radius 2 is 1.94 bits per heavy atom. The van der Waals surface area contributed by atoms with Crippen LogP contribution in [0.3, 0.4) is 0 Å². The van der Waals surface area contributed by atoms with Gasteiger partial charge in [-0.25, -0.2) is 13.4 Å². The number of anilines is 1. The molecular weight excluding hydrogens is 465 g/mol. The van der Waals surface area contributed by atoms with Crippen LogP contribution in [0.15, 0.2) is 41.4 Å². The lowest BCUT2D eigenvalue weighted by Gasteiger charge is -2.30. The summed E-state index contributed by atoms with van der Waals surface area (Å²) in [5.41, 5.74) is 0.464. The van der Waals surface area contributed by atoms with Crippen LogP contribution in [0.1, 0.15) is 12.8 Å². The number of hydrogen-bond acceptors (Lipinski definition) is 6. The molecule has 1 aromatic heterocycles. The molecule has 11 heteroatoms. The minimum absolute atomic E-state index is 0.0312. The van der Waals surface area contributed by atoms with Crippen LogP contribution in [0, 0.1) is 5.92 Å². The molecule has 0 aliphatic carbocycles. The summed E-state index contributed by atoms with van der Waals surface area (Å²) in [4.78, 5) is 16.6. The average molecular weight is 488 g/mol. The Balaban J connectivity index is 1.64. The lowest BCUT2D eigenvalue weighted by molar-refractivity contribution is -0.120. The number of halogens is 2. The number of methoxy groups -OCH3 is 1. The Morgan fingerprint density at radius 3 is 2.61 bits per heavy atom. The maximum Gasteiger partial charge on any atom is 0.246 e. The van der Waals surface area contributed by atoms with Gasteiger partial charge in [-0.2, -0.15) is 4.31 Å². The molecule has 3 rings (SSSR count). The summed E-state index contributed by atoms with van der Waals surface area (Å²) in [6, 6.07) is 8.04. The zero-order valence-corrected chi connectivity index (χ0v) is 19.2. The predicted octanol–water partition coefficient (Wildman–Crippen LogP) is 3.45. The first kappa shape index (κ1) is 23.7. The van der Waals surface area contributed by atoms with Gasteiger partial charge in [-0.15, -0.1) is 0 Å². The number of piperidine rings is 1. The summed E-state index contributed by atoms with van der Waals surface area (Å²) in [5, 5.41) is 3.17. The van der Waals surface area contributed by atoms with Crippen LogP contribution in [0.25, 0.3) is 0 Å². The Bertz CT molecular complexity index is 1030. The quantitative estimate of drug-likeness (QED) is 0.452. The first-order valence-electron chi connectivity index (χ1n) is 9.66. The summed E-state index contributed by atoms with van der Waals surface area (Å²) in [6.45, 7) is 1.08. The van der Waals surface area contributed by atoms with E-state index >= 15 is 0 Å². The summed E-state index contributed by atoms with van der Waals surface area (Å²) in [7, 11) is -2.21. The molecule has 0 bridgehead atoms. The van der Waals surface area contributed by atoms with Crippen molar-refractivity contribution >= 4 is 44.8 Å². The highest BCUT2D eigenvalue weighted by atomic mass is 35.5. The second kappa shape index (κ2) is 10.6. The van der Waals surface area contributed by atoms with Gasteiger partial charge in [0.25, 0.3) is 0 Å². The maximum atomic E-state index is 12.8.